The second kappa shape index (κ2) is 2.35. The van der Waals surface area contributed by atoms with Crippen molar-refractivity contribution in [2.75, 3.05) is 13.2 Å². The second-order valence-corrected chi connectivity index (χ2v) is 5.82. The van der Waals surface area contributed by atoms with Gasteiger partial charge < -0.3 is 10.1 Å². The van der Waals surface area contributed by atoms with E-state index in [0.717, 1.165) is 18.4 Å². The van der Waals surface area contributed by atoms with Gasteiger partial charge >= 0.3 is 0 Å². The monoisotopic (exact) mass is 193 g/mol. The predicted octanol–water partition coefficient (Wildman–Crippen LogP) is 1.70. The van der Waals surface area contributed by atoms with E-state index in [1.165, 1.54) is 45.1 Å². The molecule has 4 rings (SSSR count). The molecule has 4 atom stereocenters. The highest BCUT2D eigenvalue weighted by molar-refractivity contribution is 5.24. The lowest BCUT2D eigenvalue weighted by Gasteiger charge is -2.12. The molecule has 2 saturated heterocycles. The second-order valence-electron chi connectivity index (χ2n) is 5.82. The quantitative estimate of drug-likeness (QED) is 0.684. The van der Waals surface area contributed by atoms with Gasteiger partial charge in [-0.3, -0.25) is 0 Å². The van der Waals surface area contributed by atoms with Gasteiger partial charge in [0.2, 0.25) is 0 Å². The first-order chi connectivity index (χ1) is 6.85. The Morgan fingerprint density at radius 2 is 2.07 bits per heavy atom. The van der Waals surface area contributed by atoms with Gasteiger partial charge in [0.1, 0.15) is 0 Å². The topological polar surface area (TPSA) is 21.3 Å². The van der Waals surface area contributed by atoms with Gasteiger partial charge in [0.25, 0.3) is 0 Å². The van der Waals surface area contributed by atoms with Gasteiger partial charge in [-0.1, -0.05) is 0 Å². The summed E-state index contributed by atoms with van der Waals surface area (Å²) < 4.78 is 5.94. The van der Waals surface area contributed by atoms with Gasteiger partial charge in [0.15, 0.2) is 0 Å². The normalized spacial score (nSPS) is 60.0. The third-order valence-corrected chi connectivity index (χ3v) is 5.11. The molecule has 4 fully saturated rings. The summed E-state index contributed by atoms with van der Waals surface area (Å²) in [5, 5.41) is 3.73. The van der Waals surface area contributed by atoms with Gasteiger partial charge in [-0.25, -0.2) is 0 Å². The van der Waals surface area contributed by atoms with Crippen molar-refractivity contribution in [3.8, 4) is 0 Å². The van der Waals surface area contributed by atoms with Gasteiger partial charge in [0, 0.05) is 12.1 Å². The summed E-state index contributed by atoms with van der Waals surface area (Å²) in [6.07, 6.45) is 8.32. The van der Waals surface area contributed by atoms with E-state index in [-0.39, 0.29) is 0 Å². The Bertz CT molecular complexity index is 235. The maximum atomic E-state index is 5.94. The van der Waals surface area contributed by atoms with Gasteiger partial charge in [-0.2, -0.15) is 0 Å². The number of rotatable bonds is 1. The standard InChI is InChI=1S/C12H19NO/c1-3-11(13-5-1)7-9(11)10-8-12(10)4-2-6-14-12/h9-10,13H,1-8H2. The molecular weight excluding hydrogens is 174 g/mol. The maximum absolute atomic E-state index is 5.94. The number of ether oxygens (including phenoxy) is 1. The van der Waals surface area contributed by atoms with Crippen LogP contribution in [0.4, 0.5) is 0 Å². The largest absolute Gasteiger partial charge is 0.375 e. The van der Waals surface area contributed by atoms with Crippen molar-refractivity contribution in [3.05, 3.63) is 0 Å². The fraction of sp³-hybridized carbons (Fsp3) is 1.00. The SMILES string of the molecule is C1CNC2(C1)CC2C1CC12CCCO2. The van der Waals surface area contributed by atoms with Crippen LogP contribution in [-0.2, 0) is 4.74 Å². The zero-order valence-corrected chi connectivity index (χ0v) is 8.72. The molecule has 2 aliphatic heterocycles. The van der Waals surface area contributed by atoms with E-state index in [1.807, 2.05) is 0 Å². The van der Waals surface area contributed by atoms with Crippen molar-refractivity contribution in [1.29, 1.82) is 0 Å². The molecule has 4 aliphatic rings. The van der Waals surface area contributed by atoms with E-state index in [1.54, 1.807) is 0 Å². The lowest BCUT2D eigenvalue weighted by Crippen LogP contribution is -2.27. The minimum Gasteiger partial charge on any atom is -0.375 e. The molecule has 0 radical (unpaired) electrons. The first-order valence-corrected chi connectivity index (χ1v) is 6.24. The highest BCUT2D eigenvalue weighted by Gasteiger charge is 2.70. The third kappa shape index (κ3) is 0.892. The predicted molar refractivity (Wildman–Crippen MR) is 54.1 cm³/mol. The summed E-state index contributed by atoms with van der Waals surface area (Å²) in [5.41, 5.74) is 0.985. The van der Waals surface area contributed by atoms with Crippen molar-refractivity contribution in [1.82, 2.24) is 5.32 Å². The summed E-state index contributed by atoms with van der Waals surface area (Å²) in [5.74, 6) is 1.90. The number of hydrogen-bond acceptors (Lipinski definition) is 2. The summed E-state index contributed by atoms with van der Waals surface area (Å²) in [4.78, 5) is 0. The summed E-state index contributed by atoms with van der Waals surface area (Å²) >= 11 is 0. The molecule has 2 heterocycles. The lowest BCUT2D eigenvalue weighted by atomic mass is 10.0. The molecule has 2 aliphatic carbocycles. The van der Waals surface area contributed by atoms with Crippen LogP contribution in [0, 0.1) is 11.8 Å². The van der Waals surface area contributed by atoms with E-state index >= 15 is 0 Å². The Labute approximate surface area is 85.4 Å². The van der Waals surface area contributed by atoms with Crippen molar-refractivity contribution in [3.63, 3.8) is 0 Å². The van der Waals surface area contributed by atoms with Crippen LogP contribution < -0.4 is 5.32 Å². The van der Waals surface area contributed by atoms with Gasteiger partial charge in [0.05, 0.1) is 5.60 Å². The molecule has 0 amide bonds. The Hall–Kier alpha value is -0.0800. The molecule has 78 valence electrons. The zero-order valence-electron chi connectivity index (χ0n) is 8.72. The molecule has 2 saturated carbocycles. The Kier molecular flexibility index (Phi) is 1.37. The van der Waals surface area contributed by atoms with Crippen molar-refractivity contribution >= 4 is 0 Å². The Balaban J connectivity index is 1.48. The molecule has 14 heavy (non-hydrogen) atoms. The summed E-state index contributed by atoms with van der Waals surface area (Å²) in [6, 6.07) is 0. The lowest BCUT2D eigenvalue weighted by molar-refractivity contribution is 0.0721. The van der Waals surface area contributed by atoms with E-state index in [9.17, 15) is 0 Å². The molecule has 2 nitrogen and oxygen atoms in total. The summed E-state index contributed by atoms with van der Waals surface area (Å²) in [7, 11) is 0. The Morgan fingerprint density at radius 1 is 1.07 bits per heavy atom. The maximum Gasteiger partial charge on any atom is 0.0719 e. The molecule has 0 aromatic rings. The van der Waals surface area contributed by atoms with Gasteiger partial charge in [-0.05, 0) is 56.9 Å². The molecule has 0 bridgehead atoms. The van der Waals surface area contributed by atoms with E-state index in [4.69, 9.17) is 4.74 Å². The molecular formula is C12H19NO. The van der Waals surface area contributed by atoms with Crippen molar-refractivity contribution in [2.24, 2.45) is 11.8 Å². The smallest absolute Gasteiger partial charge is 0.0719 e. The van der Waals surface area contributed by atoms with E-state index in [0.29, 0.717) is 11.1 Å². The average molecular weight is 193 g/mol. The molecule has 1 N–H and O–H groups in total. The first-order valence-electron chi connectivity index (χ1n) is 6.24. The van der Waals surface area contributed by atoms with E-state index in [2.05, 4.69) is 5.32 Å². The fourth-order valence-electron chi connectivity index (χ4n) is 4.18. The van der Waals surface area contributed by atoms with Crippen molar-refractivity contribution < 1.29 is 4.74 Å². The number of nitrogens with one attached hydrogen (secondary N) is 1. The highest BCUT2D eigenvalue weighted by Crippen LogP contribution is 2.67. The molecule has 4 unspecified atom stereocenters. The van der Waals surface area contributed by atoms with Crippen LogP contribution >= 0.6 is 0 Å². The average Bonchev–Trinajstić information content (AvgIpc) is 2.82. The summed E-state index contributed by atoms with van der Waals surface area (Å²) in [6.45, 7) is 2.29. The van der Waals surface area contributed by atoms with E-state index < -0.39 is 0 Å². The van der Waals surface area contributed by atoms with Crippen LogP contribution in [0.25, 0.3) is 0 Å². The van der Waals surface area contributed by atoms with Gasteiger partial charge in [-0.15, -0.1) is 0 Å². The first kappa shape index (κ1) is 8.12. The van der Waals surface area contributed by atoms with Crippen molar-refractivity contribution in [2.45, 2.75) is 49.7 Å². The minimum atomic E-state index is 0.387. The molecule has 2 spiro atoms. The van der Waals surface area contributed by atoms with Crippen LogP contribution in [0.1, 0.15) is 38.5 Å². The minimum absolute atomic E-state index is 0.387. The van der Waals surface area contributed by atoms with Crippen LogP contribution in [-0.4, -0.2) is 24.3 Å². The van der Waals surface area contributed by atoms with Crippen LogP contribution in [0.2, 0.25) is 0 Å². The zero-order chi connectivity index (χ0) is 9.23. The number of hydrogen-bond donors (Lipinski definition) is 1. The third-order valence-electron chi connectivity index (χ3n) is 5.11. The highest BCUT2D eigenvalue weighted by atomic mass is 16.5. The fourth-order valence-corrected chi connectivity index (χ4v) is 4.18. The van der Waals surface area contributed by atoms with Crippen LogP contribution in [0.3, 0.4) is 0 Å². The molecule has 2 heteroatoms. The molecule has 0 aromatic heterocycles. The Morgan fingerprint density at radius 3 is 2.79 bits per heavy atom. The molecule has 0 aromatic carbocycles. The van der Waals surface area contributed by atoms with Crippen LogP contribution in [0.5, 0.6) is 0 Å². The van der Waals surface area contributed by atoms with Crippen LogP contribution in [0.15, 0.2) is 0 Å².